The second-order valence-corrected chi connectivity index (χ2v) is 5.67. The number of hydrogen-bond acceptors (Lipinski definition) is 6. The first-order valence-electron chi connectivity index (χ1n) is 8.02. The molecule has 0 saturated heterocycles. The van der Waals surface area contributed by atoms with Gasteiger partial charge >= 0.3 is 0 Å². The van der Waals surface area contributed by atoms with E-state index in [0.29, 0.717) is 17.2 Å². The lowest BCUT2D eigenvalue weighted by Crippen LogP contribution is -2.26. The molecule has 0 radical (unpaired) electrons. The van der Waals surface area contributed by atoms with Gasteiger partial charge in [-0.15, -0.1) is 0 Å². The molecule has 26 heavy (non-hydrogen) atoms. The molecular formula is C19H19N5O2. The molecule has 7 nitrogen and oxygen atoms in total. The highest BCUT2D eigenvalue weighted by Gasteiger charge is 2.17. The first-order chi connectivity index (χ1) is 12.6. The minimum Gasteiger partial charge on any atom is -0.323 e. The zero-order chi connectivity index (χ0) is 18.5. The van der Waals surface area contributed by atoms with Crippen molar-refractivity contribution in [2.45, 2.75) is 6.92 Å². The van der Waals surface area contributed by atoms with Gasteiger partial charge in [0.05, 0.1) is 24.1 Å². The van der Waals surface area contributed by atoms with Gasteiger partial charge in [-0.05, 0) is 42.8 Å². The zero-order valence-corrected chi connectivity index (χ0v) is 14.8. The van der Waals surface area contributed by atoms with Crippen molar-refractivity contribution in [2.75, 3.05) is 19.5 Å². The molecule has 2 heterocycles. The summed E-state index contributed by atoms with van der Waals surface area (Å²) in [7, 11) is 3.01. The van der Waals surface area contributed by atoms with Crippen LogP contribution in [0.25, 0.3) is 11.3 Å². The van der Waals surface area contributed by atoms with Crippen LogP contribution >= 0.6 is 0 Å². The van der Waals surface area contributed by atoms with Crippen LogP contribution in [0, 0.1) is 6.92 Å². The van der Waals surface area contributed by atoms with Gasteiger partial charge < -0.3 is 5.32 Å². The standard InChI is InChI=1S/C19H19N5O2/c1-13-6-7-15(18(25)24(2)26-3)17(11-13)23-19-21-10-8-16(22-19)14-5-4-9-20-12-14/h4-12H,1-3H3,(H,21,22,23). The maximum atomic E-state index is 12.5. The molecule has 0 aliphatic carbocycles. The van der Waals surface area contributed by atoms with E-state index in [1.165, 1.54) is 12.2 Å². The van der Waals surface area contributed by atoms with Crippen molar-refractivity contribution >= 4 is 17.5 Å². The molecule has 3 aromatic rings. The molecule has 0 unspecified atom stereocenters. The highest BCUT2D eigenvalue weighted by molar-refractivity contribution is 5.99. The van der Waals surface area contributed by atoms with E-state index in [0.717, 1.165) is 16.8 Å². The molecule has 7 heteroatoms. The van der Waals surface area contributed by atoms with E-state index in [9.17, 15) is 4.79 Å². The minimum atomic E-state index is -0.265. The summed E-state index contributed by atoms with van der Waals surface area (Å²) in [4.78, 5) is 30.4. The molecule has 2 aromatic heterocycles. The third-order valence-corrected chi connectivity index (χ3v) is 3.82. The number of aryl methyl sites for hydroxylation is 1. The zero-order valence-electron chi connectivity index (χ0n) is 14.8. The summed E-state index contributed by atoms with van der Waals surface area (Å²) < 4.78 is 0. The van der Waals surface area contributed by atoms with Gasteiger partial charge in [0.2, 0.25) is 5.95 Å². The second kappa shape index (κ2) is 7.71. The third-order valence-electron chi connectivity index (χ3n) is 3.82. The van der Waals surface area contributed by atoms with Crippen molar-refractivity contribution in [2.24, 2.45) is 0 Å². The Morgan fingerprint density at radius 1 is 1.19 bits per heavy atom. The number of carbonyl (C=O) groups is 1. The van der Waals surface area contributed by atoms with E-state index in [-0.39, 0.29) is 5.91 Å². The smallest absolute Gasteiger partial charge is 0.279 e. The molecule has 1 amide bonds. The molecular weight excluding hydrogens is 330 g/mol. The summed E-state index contributed by atoms with van der Waals surface area (Å²) in [6.07, 6.45) is 5.11. The molecule has 0 aliphatic heterocycles. The molecule has 132 valence electrons. The predicted octanol–water partition coefficient (Wildman–Crippen LogP) is 3.22. The van der Waals surface area contributed by atoms with E-state index in [2.05, 4.69) is 20.3 Å². The fourth-order valence-electron chi connectivity index (χ4n) is 2.41. The molecule has 0 aliphatic rings. The van der Waals surface area contributed by atoms with E-state index < -0.39 is 0 Å². The van der Waals surface area contributed by atoms with Gasteiger partial charge in [-0.2, -0.15) is 0 Å². The normalized spacial score (nSPS) is 10.4. The Labute approximate surface area is 151 Å². The van der Waals surface area contributed by atoms with Crippen molar-refractivity contribution in [3.63, 3.8) is 0 Å². The summed E-state index contributed by atoms with van der Waals surface area (Å²) in [5, 5.41) is 4.31. The molecule has 0 spiro atoms. The van der Waals surface area contributed by atoms with Crippen LogP contribution in [0.3, 0.4) is 0 Å². The maximum Gasteiger partial charge on any atom is 0.279 e. The number of nitrogens with zero attached hydrogens (tertiary/aromatic N) is 4. The van der Waals surface area contributed by atoms with Gasteiger partial charge in [-0.1, -0.05) is 6.07 Å². The lowest BCUT2D eigenvalue weighted by Gasteiger charge is -2.17. The number of hydroxylamine groups is 2. The summed E-state index contributed by atoms with van der Waals surface area (Å²) >= 11 is 0. The Morgan fingerprint density at radius 2 is 2.04 bits per heavy atom. The fraction of sp³-hybridized carbons (Fsp3) is 0.158. The Morgan fingerprint density at radius 3 is 2.77 bits per heavy atom. The third kappa shape index (κ3) is 3.84. The van der Waals surface area contributed by atoms with E-state index in [1.54, 1.807) is 31.7 Å². The molecule has 3 rings (SSSR count). The average Bonchev–Trinajstić information content (AvgIpc) is 2.68. The highest BCUT2D eigenvalue weighted by atomic mass is 16.7. The van der Waals surface area contributed by atoms with Crippen LogP contribution in [0.15, 0.2) is 55.0 Å². The second-order valence-electron chi connectivity index (χ2n) is 5.67. The van der Waals surface area contributed by atoms with Crippen LogP contribution in [-0.4, -0.2) is 40.1 Å². The lowest BCUT2D eigenvalue weighted by atomic mass is 10.1. The molecule has 0 saturated carbocycles. The van der Waals surface area contributed by atoms with Crippen LogP contribution in [0.5, 0.6) is 0 Å². The fourth-order valence-corrected chi connectivity index (χ4v) is 2.41. The Bertz CT molecular complexity index is 915. The van der Waals surface area contributed by atoms with Gasteiger partial charge in [0, 0.05) is 31.2 Å². The first-order valence-corrected chi connectivity index (χ1v) is 8.02. The van der Waals surface area contributed by atoms with Gasteiger partial charge in [0.15, 0.2) is 0 Å². The van der Waals surface area contributed by atoms with Crippen molar-refractivity contribution in [1.82, 2.24) is 20.0 Å². The average molecular weight is 349 g/mol. The molecule has 0 bridgehead atoms. The summed E-state index contributed by atoms with van der Waals surface area (Å²) in [5.74, 6) is 0.129. The number of nitrogens with one attached hydrogen (secondary N) is 1. The number of aromatic nitrogens is 3. The minimum absolute atomic E-state index is 0.265. The molecule has 0 atom stereocenters. The van der Waals surface area contributed by atoms with Crippen molar-refractivity contribution in [3.8, 4) is 11.3 Å². The van der Waals surface area contributed by atoms with Gasteiger partial charge in [0.1, 0.15) is 0 Å². The molecule has 1 N–H and O–H groups in total. The van der Waals surface area contributed by atoms with Gasteiger partial charge in [0.25, 0.3) is 5.91 Å². The first kappa shape index (κ1) is 17.5. The largest absolute Gasteiger partial charge is 0.323 e. The van der Waals surface area contributed by atoms with Crippen LogP contribution < -0.4 is 5.32 Å². The van der Waals surface area contributed by atoms with Crippen LogP contribution in [0.2, 0.25) is 0 Å². The van der Waals surface area contributed by atoms with Crippen LogP contribution in [0.4, 0.5) is 11.6 Å². The number of carbonyl (C=O) groups excluding carboxylic acids is 1. The molecule has 0 fully saturated rings. The van der Waals surface area contributed by atoms with Crippen molar-refractivity contribution in [3.05, 3.63) is 66.1 Å². The van der Waals surface area contributed by atoms with Crippen LogP contribution in [0.1, 0.15) is 15.9 Å². The number of hydrogen-bond donors (Lipinski definition) is 1. The predicted molar refractivity (Wildman–Crippen MR) is 98.8 cm³/mol. The van der Waals surface area contributed by atoms with Crippen LogP contribution in [-0.2, 0) is 4.84 Å². The summed E-state index contributed by atoms with van der Waals surface area (Å²) in [6.45, 7) is 1.95. The number of amides is 1. The Hall–Kier alpha value is -3.32. The maximum absolute atomic E-state index is 12.5. The summed E-state index contributed by atoms with van der Waals surface area (Å²) in [5.41, 5.74) is 3.72. The quantitative estimate of drug-likeness (QED) is 0.713. The lowest BCUT2D eigenvalue weighted by molar-refractivity contribution is -0.0756. The number of anilines is 2. The highest BCUT2D eigenvalue weighted by Crippen LogP contribution is 2.23. The van der Waals surface area contributed by atoms with Crippen molar-refractivity contribution < 1.29 is 9.63 Å². The topological polar surface area (TPSA) is 80.2 Å². The van der Waals surface area contributed by atoms with Gasteiger partial charge in [-0.3, -0.25) is 14.6 Å². The SMILES string of the molecule is CON(C)C(=O)c1ccc(C)cc1Nc1nccc(-c2cccnc2)n1. The number of benzene rings is 1. The Kier molecular flexibility index (Phi) is 5.19. The van der Waals surface area contributed by atoms with E-state index in [1.807, 2.05) is 37.3 Å². The molecule has 1 aromatic carbocycles. The summed E-state index contributed by atoms with van der Waals surface area (Å²) in [6, 6.07) is 11.1. The Balaban J connectivity index is 1.94. The monoisotopic (exact) mass is 349 g/mol. The van der Waals surface area contributed by atoms with E-state index >= 15 is 0 Å². The van der Waals surface area contributed by atoms with Crippen molar-refractivity contribution in [1.29, 1.82) is 0 Å². The number of pyridine rings is 1. The van der Waals surface area contributed by atoms with Gasteiger partial charge in [-0.25, -0.2) is 15.0 Å². The van der Waals surface area contributed by atoms with E-state index in [4.69, 9.17) is 4.84 Å². The number of rotatable bonds is 5.